The van der Waals surface area contributed by atoms with Gasteiger partial charge in [-0.2, -0.15) is 0 Å². The highest BCUT2D eigenvalue weighted by atomic mass is 32.2. The minimum atomic E-state index is -3.39. The highest BCUT2D eigenvalue weighted by Gasteiger charge is 2.11. The highest BCUT2D eigenvalue weighted by Crippen LogP contribution is 2.13. The van der Waals surface area contributed by atoms with Gasteiger partial charge in [0, 0.05) is 24.8 Å². The number of sulfonamides is 1. The molecule has 0 unspecified atom stereocenters. The molecule has 1 aromatic carbocycles. The van der Waals surface area contributed by atoms with E-state index in [4.69, 9.17) is 0 Å². The fourth-order valence-electron chi connectivity index (χ4n) is 2.77. The first kappa shape index (κ1) is 20.0. The molecule has 0 aliphatic heterocycles. The number of nitrogens with zero attached hydrogens (tertiary/aromatic N) is 4. The summed E-state index contributed by atoms with van der Waals surface area (Å²) in [6, 6.07) is 9.29. The number of hydrogen-bond acceptors (Lipinski definition) is 6. The lowest BCUT2D eigenvalue weighted by Crippen LogP contribution is -2.30. The summed E-state index contributed by atoms with van der Waals surface area (Å²) in [5, 5.41) is 3.11. The smallest absolute Gasteiger partial charge is 0.215 e. The third kappa shape index (κ3) is 5.14. The molecule has 0 bridgehead atoms. The fraction of sp³-hybridized carbons (Fsp3) is 0.316. The van der Waals surface area contributed by atoms with Crippen LogP contribution in [0.4, 0.5) is 5.82 Å². The van der Waals surface area contributed by atoms with E-state index in [9.17, 15) is 8.42 Å². The molecule has 9 heteroatoms. The number of aromatic nitrogens is 4. The van der Waals surface area contributed by atoms with Crippen molar-refractivity contribution in [1.82, 2.24) is 24.2 Å². The first-order chi connectivity index (χ1) is 13.3. The Bertz CT molecular complexity index is 1060. The molecule has 0 aliphatic carbocycles. The summed E-state index contributed by atoms with van der Waals surface area (Å²) in [7, 11) is -3.39. The molecule has 0 saturated heterocycles. The van der Waals surface area contributed by atoms with Crippen LogP contribution in [0.5, 0.6) is 0 Å². The minimum Gasteiger partial charge on any atom is -0.369 e. The topological polar surface area (TPSA) is 102 Å². The molecule has 0 aliphatic rings. The van der Waals surface area contributed by atoms with Crippen LogP contribution >= 0.6 is 0 Å². The van der Waals surface area contributed by atoms with E-state index in [1.54, 1.807) is 12.4 Å². The molecule has 0 saturated carbocycles. The van der Waals surface area contributed by atoms with Crippen molar-refractivity contribution in [1.29, 1.82) is 0 Å². The van der Waals surface area contributed by atoms with Crippen molar-refractivity contribution in [3.8, 4) is 5.82 Å². The number of anilines is 1. The molecule has 2 heterocycles. The third-order valence-corrected chi connectivity index (χ3v) is 5.70. The first-order valence-electron chi connectivity index (χ1n) is 8.94. The van der Waals surface area contributed by atoms with Crippen molar-refractivity contribution in [2.75, 3.05) is 18.4 Å². The van der Waals surface area contributed by atoms with E-state index >= 15 is 0 Å². The number of aryl methyl sites for hydroxylation is 2. The van der Waals surface area contributed by atoms with Gasteiger partial charge in [-0.25, -0.2) is 28.1 Å². The highest BCUT2D eigenvalue weighted by molar-refractivity contribution is 7.88. The number of imidazole rings is 1. The summed E-state index contributed by atoms with van der Waals surface area (Å²) in [4.78, 5) is 12.7. The fourth-order valence-corrected chi connectivity index (χ4v) is 3.91. The van der Waals surface area contributed by atoms with Gasteiger partial charge in [-0.3, -0.25) is 4.57 Å². The van der Waals surface area contributed by atoms with Crippen molar-refractivity contribution in [3.05, 3.63) is 65.5 Å². The Balaban J connectivity index is 1.54. The third-order valence-electron chi connectivity index (χ3n) is 4.34. The van der Waals surface area contributed by atoms with Crippen molar-refractivity contribution < 1.29 is 8.42 Å². The molecule has 0 amide bonds. The molecule has 148 valence electrons. The molecule has 3 rings (SSSR count). The summed E-state index contributed by atoms with van der Waals surface area (Å²) in [6.45, 7) is 6.52. The molecule has 3 aromatic rings. The van der Waals surface area contributed by atoms with Gasteiger partial charge < -0.3 is 5.32 Å². The van der Waals surface area contributed by atoms with E-state index in [1.807, 2.05) is 49.6 Å². The van der Waals surface area contributed by atoms with Gasteiger partial charge in [-0.05, 0) is 26.3 Å². The summed E-state index contributed by atoms with van der Waals surface area (Å²) in [5.74, 6) is 1.29. The van der Waals surface area contributed by atoms with Crippen LogP contribution in [0.2, 0.25) is 0 Å². The van der Waals surface area contributed by atoms with Gasteiger partial charge >= 0.3 is 0 Å². The number of nitrogens with one attached hydrogen (secondary N) is 2. The van der Waals surface area contributed by atoms with Crippen LogP contribution < -0.4 is 10.0 Å². The lowest BCUT2D eigenvalue weighted by molar-refractivity contribution is 0.582. The lowest BCUT2D eigenvalue weighted by Gasteiger charge is -2.10. The maximum absolute atomic E-state index is 12.2. The molecular weight excluding hydrogens is 376 g/mol. The first-order valence-corrected chi connectivity index (χ1v) is 10.6. The molecule has 0 spiro atoms. The Kier molecular flexibility index (Phi) is 6.05. The predicted octanol–water partition coefficient (Wildman–Crippen LogP) is 2.12. The minimum absolute atomic E-state index is 0.0361. The average Bonchev–Trinajstić information content (AvgIpc) is 2.98. The van der Waals surface area contributed by atoms with Gasteiger partial charge in [0.05, 0.1) is 11.4 Å². The van der Waals surface area contributed by atoms with E-state index in [0.29, 0.717) is 18.2 Å². The molecule has 0 atom stereocenters. The maximum atomic E-state index is 12.2. The van der Waals surface area contributed by atoms with Gasteiger partial charge in [0.25, 0.3) is 0 Å². The van der Waals surface area contributed by atoms with Crippen LogP contribution in [0.3, 0.4) is 0 Å². The average molecular weight is 401 g/mol. The molecular formula is C19H24N6O2S. The second kappa shape index (κ2) is 8.49. The summed E-state index contributed by atoms with van der Waals surface area (Å²) in [6.07, 6.45) is 3.19. The number of rotatable bonds is 8. The normalized spacial score (nSPS) is 11.5. The zero-order valence-electron chi connectivity index (χ0n) is 16.2. The summed E-state index contributed by atoms with van der Waals surface area (Å²) in [5.41, 5.74) is 3.76. The second-order valence-electron chi connectivity index (χ2n) is 6.62. The quantitative estimate of drug-likeness (QED) is 0.562. The molecule has 0 radical (unpaired) electrons. The monoisotopic (exact) mass is 400 g/mol. The Morgan fingerprint density at radius 2 is 1.86 bits per heavy atom. The molecule has 28 heavy (non-hydrogen) atoms. The maximum Gasteiger partial charge on any atom is 0.215 e. The SMILES string of the molecule is Cc1cccc(CS(=O)(=O)NCCNc2cc(-n3cnc(C)c3C)ncn2)c1. The van der Waals surface area contributed by atoms with Crippen LogP contribution in [-0.2, 0) is 15.8 Å². The zero-order valence-corrected chi connectivity index (χ0v) is 17.0. The van der Waals surface area contributed by atoms with E-state index in [-0.39, 0.29) is 12.3 Å². The van der Waals surface area contributed by atoms with Gasteiger partial charge in [-0.1, -0.05) is 29.8 Å². The van der Waals surface area contributed by atoms with Crippen molar-refractivity contribution >= 4 is 15.8 Å². The van der Waals surface area contributed by atoms with Gasteiger partial charge in [0.2, 0.25) is 10.0 Å². The van der Waals surface area contributed by atoms with E-state index in [0.717, 1.165) is 22.5 Å². The zero-order chi connectivity index (χ0) is 20.1. The predicted molar refractivity (Wildman–Crippen MR) is 109 cm³/mol. The Morgan fingerprint density at radius 1 is 1.04 bits per heavy atom. The van der Waals surface area contributed by atoms with Crippen molar-refractivity contribution in [2.45, 2.75) is 26.5 Å². The van der Waals surface area contributed by atoms with Gasteiger partial charge in [-0.15, -0.1) is 0 Å². The molecule has 0 fully saturated rings. The van der Waals surface area contributed by atoms with E-state index in [1.165, 1.54) is 6.33 Å². The Hall–Kier alpha value is -2.78. The molecule has 2 aromatic heterocycles. The van der Waals surface area contributed by atoms with E-state index < -0.39 is 10.0 Å². The lowest BCUT2D eigenvalue weighted by atomic mass is 10.2. The van der Waals surface area contributed by atoms with Crippen LogP contribution in [0.1, 0.15) is 22.5 Å². The Morgan fingerprint density at radius 3 is 2.57 bits per heavy atom. The Labute approximate surface area is 165 Å². The van der Waals surface area contributed by atoms with Crippen LogP contribution in [-0.4, -0.2) is 41.0 Å². The number of hydrogen-bond donors (Lipinski definition) is 2. The van der Waals surface area contributed by atoms with Gasteiger partial charge in [0.15, 0.2) is 0 Å². The van der Waals surface area contributed by atoms with Crippen LogP contribution in [0, 0.1) is 20.8 Å². The van der Waals surface area contributed by atoms with Crippen LogP contribution in [0.15, 0.2) is 43.0 Å². The second-order valence-corrected chi connectivity index (χ2v) is 8.42. The van der Waals surface area contributed by atoms with Crippen LogP contribution in [0.25, 0.3) is 5.82 Å². The largest absolute Gasteiger partial charge is 0.369 e. The van der Waals surface area contributed by atoms with Crippen molar-refractivity contribution in [3.63, 3.8) is 0 Å². The van der Waals surface area contributed by atoms with E-state index in [2.05, 4.69) is 25.0 Å². The van der Waals surface area contributed by atoms with Crippen molar-refractivity contribution in [2.24, 2.45) is 0 Å². The number of benzene rings is 1. The summed E-state index contributed by atoms with van der Waals surface area (Å²) >= 11 is 0. The summed E-state index contributed by atoms with van der Waals surface area (Å²) < 4.78 is 28.9. The standard InChI is InChI=1S/C19H24N6O2S/c1-14-5-4-6-17(9-14)11-28(26,27)24-8-7-20-18-10-19(22-12-21-18)25-13-23-15(2)16(25)3/h4-6,9-10,12-13,24H,7-8,11H2,1-3H3,(H,20,21,22). The molecule has 8 nitrogen and oxygen atoms in total. The van der Waals surface area contributed by atoms with Gasteiger partial charge in [0.1, 0.15) is 24.3 Å². The molecule has 2 N–H and O–H groups in total.